The highest BCUT2D eigenvalue weighted by Crippen LogP contribution is 2.35. The first-order valence-corrected chi connectivity index (χ1v) is 12.6. The second kappa shape index (κ2) is 8.78. The number of fused-ring (bicyclic) bond motifs is 1. The van der Waals surface area contributed by atoms with E-state index in [1.165, 1.54) is 41.0 Å². The molecule has 3 atom stereocenters. The molecule has 158 valence electrons. The molecule has 1 fully saturated rings. The van der Waals surface area contributed by atoms with Gasteiger partial charge in [-0.15, -0.1) is 0 Å². The molecule has 1 aliphatic rings. The van der Waals surface area contributed by atoms with Crippen LogP contribution in [0.1, 0.15) is 55.7 Å². The first-order chi connectivity index (χ1) is 14.4. The molecule has 1 aliphatic carbocycles. The summed E-state index contributed by atoms with van der Waals surface area (Å²) in [5.41, 5.74) is 3.21. The average molecular weight is 423 g/mol. The van der Waals surface area contributed by atoms with Crippen LogP contribution in [0.25, 0.3) is 10.8 Å². The van der Waals surface area contributed by atoms with Crippen LogP contribution in [0, 0.1) is 0 Å². The summed E-state index contributed by atoms with van der Waals surface area (Å²) >= 11 is 0. The molecule has 0 bridgehead atoms. The quantitative estimate of drug-likeness (QED) is 0.544. The fourth-order valence-electron chi connectivity index (χ4n) is 4.79. The monoisotopic (exact) mass is 422 g/mol. The average Bonchev–Trinajstić information content (AvgIpc) is 2.72. The lowest BCUT2D eigenvalue weighted by Crippen LogP contribution is -2.35. The number of rotatable bonds is 6. The van der Waals surface area contributed by atoms with E-state index < -0.39 is 10.0 Å². The van der Waals surface area contributed by atoms with E-state index in [4.69, 9.17) is 0 Å². The number of nitrogens with one attached hydrogen (secondary N) is 2. The number of hydrogen-bond donors (Lipinski definition) is 2. The standard InChI is InChI=1S/C25H30N2O2S/c1-18(24-15-7-9-19-8-3-4-14-25(19)24)26-22-12-5-10-20(16-22)21-11-6-13-23(17-21)27-30(2,28)29/h3-4,6-9,11,13-15,17-18,20,22,26-27H,5,10,12,16H2,1-2H3. The van der Waals surface area contributed by atoms with Crippen LogP contribution in [0.15, 0.2) is 66.7 Å². The molecule has 4 rings (SSSR count). The van der Waals surface area contributed by atoms with Crippen LogP contribution in [-0.2, 0) is 10.0 Å². The van der Waals surface area contributed by atoms with Gasteiger partial charge < -0.3 is 5.32 Å². The van der Waals surface area contributed by atoms with Crippen molar-refractivity contribution in [1.82, 2.24) is 5.32 Å². The lowest BCUT2D eigenvalue weighted by Gasteiger charge is -2.33. The van der Waals surface area contributed by atoms with Crippen molar-refractivity contribution < 1.29 is 8.42 Å². The van der Waals surface area contributed by atoms with E-state index in [9.17, 15) is 8.42 Å². The van der Waals surface area contributed by atoms with Gasteiger partial charge in [-0.25, -0.2) is 8.42 Å². The number of anilines is 1. The Labute approximate surface area is 179 Å². The van der Waals surface area contributed by atoms with Crippen molar-refractivity contribution in [3.63, 3.8) is 0 Å². The minimum Gasteiger partial charge on any atom is -0.307 e. The summed E-state index contributed by atoms with van der Waals surface area (Å²) < 4.78 is 25.7. The molecular formula is C25H30N2O2S. The summed E-state index contributed by atoms with van der Waals surface area (Å²) in [6, 6.07) is 23.7. The Kier molecular flexibility index (Phi) is 6.11. The molecule has 2 N–H and O–H groups in total. The van der Waals surface area contributed by atoms with Crippen LogP contribution in [0.2, 0.25) is 0 Å². The molecule has 0 aliphatic heterocycles. The van der Waals surface area contributed by atoms with Gasteiger partial charge in [0.05, 0.1) is 6.26 Å². The largest absolute Gasteiger partial charge is 0.307 e. The van der Waals surface area contributed by atoms with Gasteiger partial charge in [0, 0.05) is 17.8 Å². The summed E-state index contributed by atoms with van der Waals surface area (Å²) in [6.45, 7) is 2.25. The Bertz CT molecular complexity index is 1120. The van der Waals surface area contributed by atoms with E-state index in [2.05, 4.69) is 65.5 Å². The summed E-state index contributed by atoms with van der Waals surface area (Å²) in [7, 11) is -3.26. The predicted octanol–water partition coefficient (Wildman–Crippen LogP) is 5.59. The molecule has 0 heterocycles. The maximum atomic E-state index is 11.6. The van der Waals surface area contributed by atoms with E-state index in [1.54, 1.807) is 0 Å². The third kappa shape index (κ3) is 5.02. The van der Waals surface area contributed by atoms with Gasteiger partial charge in [0.25, 0.3) is 0 Å². The van der Waals surface area contributed by atoms with Gasteiger partial charge in [0.15, 0.2) is 0 Å². The van der Waals surface area contributed by atoms with Crippen LogP contribution in [0.5, 0.6) is 0 Å². The Morgan fingerprint density at radius 1 is 0.967 bits per heavy atom. The van der Waals surface area contributed by atoms with Gasteiger partial charge in [-0.2, -0.15) is 0 Å². The van der Waals surface area contributed by atoms with Gasteiger partial charge >= 0.3 is 0 Å². The normalized spacial score (nSPS) is 20.7. The topological polar surface area (TPSA) is 58.2 Å². The lowest BCUT2D eigenvalue weighted by molar-refractivity contribution is 0.319. The van der Waals surface area contributed by atoms with Gasteiger partial charge in [-0.05, 0) is 66.1 Å². The first-order valence-electron chi connectivity index (χ1n) is 10.7. The van der Waals surface area contributed by atoms with Crippen LogP contribution in [-0.4, -0.2) is 20.7 Å². The van der Waals surface area contributed by atoms with Gasteiger partial charge in [-0.1, -0.05) is 61.0 Å². The molecule has 3 unspecified atom stereocenters. The highest BCUT2D eigenvalue weighted by molar-refractivity contribution is 7.92. The second-order valence-corrected chi connectivity index (χ2v) is 10.3. The SMILES string of the molecule is CC(NC1CCCC(c2cccc(NS(C)(=O)=O)c2)C1)c1cccc2ccccc12. The summed E-state index contributed by atoms with van der Waals surface area (Å²) in [5, 5.41) is 6.46. The zero-order chi connectivity index (χ0) is 21.1. The van der Waals surface area contributed by atoms with E-state index in [0.29, 0.717) is 17.6 Å². The maximum absolute atomic E-state index is 11.6. The van der Waals surface area contributed by atoms with Crippen molar-refractivity contribution in [2.45, 2.75) is 50.6 Å². The zero-order valence-corrected chi connectivity index (χ0v) is 18.5. The molecular weight excluding hydrogens is 392 g/mol. The van der Waals surface area contributed by atoms with Gasteiger partial charge in [0.2, 0.25) is 10.0 Å². The number of benzene rings is 3. The fraction of sp³-hybridized carbons (Fsp3) is 0.360. The van der Waals surface area contributed by atoms with E-state index in [0.717, 1.165) is 12.8 Å². The second-order valence-electron chi connectivity index (χ2n) is 8.52. The van der Waals surface area contributed by atoms with Crippen molar-refractivity contribution in [3.05, 3.63) is 77.9 Å². The van der Waals surface area contributed by atoms with Crippen molar-refractivity contribution in [2.24, 2.45) is 0 Å². The van der Waals surface area contributed by atoms with Crippen molar-refractivity contribution in [2.75, 3.05) is 11.0 Å². The van der Waals surface area contributed by atoms with Crippen LogP contribution in [0.4, 0.5) is 5.69 Å². The van der Waals surface area contributed by atoms with Crippen molar-refractivity contribution >= 4 is 26.5 Å². The minimum absolute atomic E-state index is 0.276. The molecule has 5 heteroatoms. The van der Waals surface area contributed by atoms with Crippen molar-refractivity contribution in [3.8, 4) is 0 Å². The fourth-order valence-corrected chi connectivity index (χ4v) is 5.34. The summed E-state index contributed by atoms with van der Waals surface area (Å²) in [6.07, 6.45) is 5.75. The van der Waals surface area contributed by atoms with E-state index in [-0.39, 0.29) is 6.04 Å². The third-order valence-electron chi connectivity index (χ3n) is 6.11. The molecule has 3 aromatic rings. The van der Waals surface area contributed by atoms with Gasteiger partial charge in [0.1, 0.15) is 0 Å². The summed E-state index contributed by atoms with van der Waals surface area (Å²) in [5.74, 6) is 0.442. The molecule has 1 saturated carbocycles. The molecule has 0 aromatic heterocycles. The molecule has 0 spiro atoms. The van der Waals surface area contributed by atoms with Gasteiger partial charge in [-0.3, -0.25) is 4.72 Å². The summed E-state index contributed by atoms with van der Waals surface area (Å²) in [4.78, 5) is 0. The minimum atomic E-state index is -3.26. The third-order valence-corrected chi connectivity index (χ3v) is 6.72. The smallest absolute Gasteiger partial charge is 0.229 e. The molecule has 3 aromatic carbocycles. The lowest BCUT2D eigenvalue weighted by atomic mass is 9.81. The number of sulfonamides is 1. The van der Waals surface area contributed by atoms with E-state index >= 15 is 0 Å². The Balaban J connectivity index is 1.47. The van der Waals surface area contributed by atoms with Crippen molar-refractivity contribution in [1.29, 1.82) is 0 Å². The highest BCUT2D eigenvalue weighted by atomic mass is 32.2. The first kappa shape index (κ1) is 20.9. The Morgan fingerprint density at radius 3 is 2.57 bits per heavy atom. The zero-order valence-electron chi connectivity index (χ0n) is 17.6. The van der Waals surface area contributed by atoms with Crippen LogP contribution < -0.4 is 10.0 Å². The number of hydrogen-bond acceptors (Lipinski definition) is 3. The van der Waals surface area contributed by atoms with Crippen LogP contribution >= 0.6 is 0 Å². The van der Waals surface area contributed by atoms with Crippen LogP contribution in [0.3, 0.4) is 0 Å². The molecule has 0 saturated heterocycles. The molecule has 4 nitrogen and oxygen atoms in total. The highest BCUT2D eigenvalue weighted by Gasteiger charge is 2.25. The molecule has 0 radical (unpaired) electrons. The molecule has 0 amide bonds. The maximum Gasteiger partial charge on any atom is 0.229 e. The Hall–Kier alpha value is -2.37. The predicted molar refractivity (Wildman–Crippen MR) is 125 cm³/mol. The Morgan fingerprint density at radius 2 is 1.73 bits per heavy atom. The molecule has 30 heavy (non-hydrogen) atoms. The van der Waals surface area contributed by atoms with E-state index in [1.807, 2.05) is 18.2 Å².